The fraction of sp³-hybridized carbons (Fsp3) is 0.150. The van der Waals surface area contributed by atoms with E-state index >= 15 is 0 Å². The summed E-state index contributed by atoms with van der Waals surface area (Å²) in [5, 5.41) is 9.55. The molecule has 132 valence electrons. The number of hydrogen-bond donors (Lipinski definition) is 2. The first-order valence-electron chi connectivity index (χ1n) is 8.30. The Hall–Kier alpha value is -3.41. The minimum atomic E-state index is -0.281. The molecular formula is C20H19N3O3. The molecule has 0 aliphatic carbocycles. The van der Waals surface area contributed by atoms with Crippen molar-refractivity contribution in [1.82, 2.24) is 15.8 Å². The highest BCUT2D eigenvalue weighted by Crippen LogP contribution is 2.24. The average Bonchev–Trinajstić information content (AvgIpc) is 3.08. The van der Waals surface area contributed by atoms with Crippen molar-refractivity contribution >= 4 is 11.8 Å². The molecule has 0 radical (unpaired) electrons. The second-order valence-electron chi connectivity index (χ2n) is 5.71. The monoisotopic (exact) mass is 349 g/mol. The maximum atomic E-state index is 12.5. The van der Waals surface area contributed by atoms with Crippen molar-refractivity contribution in [3.63, 3.8) is 0 Å². The van der Waals surface area contributed by atoms with Crippen LogP contribution in [0.4, 0.5) is 0 Å². The number of rotatable bonds is 6. The van der Waals surface area contributed by atoms with E-state index in [1.807, 2.05) is 36.4 Å². The van der Waals surface area contributed by atoms with Crippen molar-refractivity contribution in [3.8, 4) is 11.3 Å². The Morgan fingerprint density at radius 3 is 2.12 bits per heavy atom. The van der Waals surface area contributed by atoms with Gasteiger partial charge in [-0.25, -0.2) is 0 Å². The first-order chi connectivity index (χ1) is 12.7. The lowest BCUT2D eigenvalue weighted by molar-refractivity contribution is 0.0927. The summed E-state index contributed by atoms with van der Waals surface area (Å²) in [6.07, 6.45) is 0. The third-order valence-corrected chi connectivity index (χ3v) is 3.87. The SMILES string of the molecule is Cc1onc(-c2ccccc2)c1C(=O)NCCNC(=O)c1ccccc1. The molecule has 1 heterocycles. The van der Waals surface area contributed by atoms with Crippen molar-refractivity contribution in [2.24, 2.45) is 0 Å². The third-order valence-electron chi connectivity index (χ3n) is 3.87. The minimum Gasteiger partial charge on any atom is -0.360 e. The molecule has 26 heavy (non-hydrogen) atoms. The summed E-state index contributed by atoms with van der Waals surface area (Å²) in [5.74, 6) is -0.00257. The molecule has 3 aromatic rings. The van der Waals surface area contributed by atoms with Crippen LogP contribution >= 0.6 is 0 Å². The summed E-state index contributed by atoms with van der Waals surface area (Å²) in [4.78, 5) is 24.5. The van der Waals surface area contributed by atoms with Crippen LogP contribution in [0.25, 0.3) is 11.3 Å². The van der Waals surface area contributed by atoms with Gasteiger partial charge < -0.3 is 15.2 Å². The standard InChI is InChI=1S/C20H19N3O3/c1-14-17(18(23-26-14)15-8-4-2-5-9-15)20(25)22-13-12-21-19(24)16-10-6-3-7-11-16/h2-11H,12-13H2,1H3,(H,21,24)(H,22,25). The molecule has 0 saturated carbocycles. The fourth-order valence-corrected chi connectivity index (χ4v) is 2.56. The van der Waals surface area contributed by atoms with Gasteiger partial charge in [0.2, 0.25) is 0 Å². The number of benzene rings is 2. The van der Waals surface area contributed by atoms with Crippen LogP contribution in [0.2, 0.25) is 0 Å². The third kappa shape index (κ3) is 3.97. The summed E-state index contributed by atoms with van der Waals surface area (Å²) in [5.41, 5.74) is 2.31. The number of amides is 2. The number of nitrogens with one attached hydrogen (secondary N) is 2. The van der Waals surface area contributed by atoms with Crippen LogP contribution in [0.15, 0.2) is 65.2 Å². The Morgan fingerprint density at radius 1 is 0.885 bits per heavy atom. The molecule has 0 saturated heterocycles. The molecule has 6 nitrogen and oxygen atoms in total. The second kappa shape index (κ2) is 8.11. The zero-order valence-corrected chi connectivity index (χ0v) is 14.4. The number of carbonyl (C=O) groups is 2. The molecule has 6 heteroatoms. The van der Waals surface area contributed by atoms with Crippen LogP contribution in [-0.2, 0) is 0 Å². The molecule has 2 amide bonds. The molecule has 0 fully saturated rings. The predicted molar refractivity (Wildman–Crippen MR) is 97.8 cm³/mol. The molecule has 0 unspecified atom stereocenters. The van der Waals surface area contributed by atoms with E-state index in [1.54, 1.807) is 31.2 Å². The van der Waals surface area contributed by atoms with Gasteiger partial charge in [0.05, 0.1) is 0 Å². The molecule has 2 N–H and O–H groups in total. The average molecular weight is 349 g/mol. The van der Waals surface area contributed by atoms with Crippen LogP contribution < -0.4 is 10.6 Å². The summed E-state index contributed by atoms with van der Waals surface area (Å²) in [6.45, 7) is 2.33. The maximum absolute atomic E-state index is 12.5. The van der Waals surface area contributed by atoms with E-state index in [9.17, 15) is 9.59 Å². The van der Waals surface area contributed by atoms with Crippen molar-refractivity contribution in [1.29, 1.82) is 0 Å². The van der Waals surface area contributed by atoms with E-state index in [1.165, 1.54) is 0 Å². The normalized spacial score (nSPS) is 10.3. The van der Waals surface area contributed by atoms with Crippen LogP contribution in [0.3, 0.4) is 0 Å². The number of carbonyl (C=O) groups excluding carboxylic acids is 2. The quantitative estimate of drug-likeness (QED) is 0.670. The fourth-order valence-electron chi connectivity index (χ4n) is 2.56. The molecule has 1 aromatic heterocycles. The van der Waals surface area contributed by atoms with Gasteiger partial charge >= 0.3 is 0 Å². The Balaban J connectivity index is 1.58. The van der Waals surface area contributed by atoms with Crippen molar-refractivity contribution in [2.45, 2.75) is 6.92 Å². The minimum absolute atomic E-state index is 0.175. The van der Waals surface area contributed by atoms with Gasteiger partial charge in [-0.05, 0) is 19.1 Å². The summed E-state index contributed by atoms with van der Waals surface area (Å²) < 4.78 is 5.19. The largest absolute Gasteiger partial charge is 0.360 e. The van der Waals surface area contributed by atoms with Crippen LogP contribution in [0.1, 0.15) is 26.5 Å². The molecule has 0 spiro atoms. The second-order valence-corrected chi connectivity index (χ2v) is 5.71. The Kier molecular flexibility index (Phi) is 5.43. The van der Waals surface area contributed by atoms with Crippen LogP contribution in [0, 0.1) is 6.92 Å². The highest BCUT2D eigenvalue weighted by molar-refractivity contribution is 6.00. The first kappa shape index (κ1) is 17.4. The highest BCUT2D eigenvalue weighted by Gasteiger charge is 2.21. The van der Waals surface area contributed by atoms with Crippen molar-refractivity contribution < 1.29 is 14.1 Å². The van der Waals surface area contributed by atoms with Crippen molar-refractivity contribution in [3.05, 3.63) is 77.6 Å². The van der Waals surface area contributed by atoms with Gasteiger partial charge in [-0.15, -0.1) is 0 Å². The molecule has 0 aliphatic heterocycles. The zero-order valence-electron chi connectivity index (χ0n) is 14.4. The lowest BCUT2D eigenvalue weighted by Crippen LogP contribution is -2.34. The number of aromatic nitrogens is 1. The van der Waals surface area contributed by atoms with Crippen LogP contribution in [0.5, 0.6) is 0 Å². The first-order valence-corrected chi connectivity index (χ1v) is 8.30. The molecule has 0 aliphatic rings. The molecule has 2 aromatic carbocycles. The summed E-state index contributed by atoms with van der Waals surface area (Å²) in [6, 6.07) is 18.3. The number of aryl methyl sites for hydroxylation is 1. The van der Waals surface area contributed by atoms with E-state index in [2.05, 4.69) is 15.8 Å². The Labute approximate surface area is 151 Å². The van der Waals surface area contributed by atoms with Gasteiger partial charge in [0.25, 0.3) is 11.8 Å². The lowest BCUT2D eigenvalue weighted by Gasteiger charge is -2.07. The van der Waals surface area contributed by atoms with E-state index in [-0.39, 0.29) is 11.8 Å². The van der Waals surface area contributed by atoms with Gasteiger partial charge in [0, 0.05) is 24.2 Å². The van der Waals surface area contributed by atoms with Gasteiger partial charge in [0.1, 0.15) is 17.0 Å². The highest BCUT2D eigenvalue weighted by atomic mass is 16.5. The molecule has 0 bridgehead atoms. The molecule has 3 rings (SSSR count). The molecular weight excluding hydrogens is 330 g/mol. The zero-order chi connectivity index (χ0) is 18.4. The van der Waals surface area contributed by atoms with Gasteiger partial charge in [0.15, 0.2) is 0 Å². The van der Waals surface area contributed by atoms with Crippen LogP contribution in [-0.4, -0.2) is 30.1 Å². The Bertz CT molecular complexity index is 889. The number of nitrogens with zero attached hydrogens (tertiary/aromatic N) is 1. The predicted octanol–water partition coefficient (Wildman–Crippen LogP) is 2.81. The van der Waals surface area contributed by atoms with Gasteiger partial charge in [-0.2, -0.15) is 0 Å². The number of hydrogen-bond acceptors (Lipinski definition) is 4. The van der Waals surface area contributed by atoms with E-state index < -0.39 is 0 Å². The topological polar surface area (TPSA) is 84.2 Å². The smallest absolute Gasteiger partial charge is 0.257 e. The lowest BCUT2D eigenvalue weighted by atomic mass is 10.1. The Morgan fingerprint density at radius 2 is 1.46 bits per heavy atom. The summed E-state index contributed by atoms with van der Waals surface area (Å²) >= 11 is 0. The van der Waals surface area contributed by atoms with E-state index in [0.29, 0.717) is 35.7 Å². The maximum Gasteiger partial charge on any atom is 0.257 e. The van der Waals surface area contributed by atoms with E-state index in [4.69, 9.17) is 4.52 Å². The van der Waals surface area contributed by atoms with Gasteiger partial charge in [-0.3, -0.25) is 9.59 Å². The van der Waals surface area contributed by atoms with Gasteiger partial charge in [-0.1, -0.05) is 53.7 Å². The van der Waals surface area contributed by atoms with E-state index in [0.717, 1.165) is 5.56 Å². The molecule has 0 atom stereocenters. The summed E-state index contributed by atoms with van der Waals surface area (Å²) in [7, 11) is 0. The van der Waals surface area contributed by atoms with Crippen molar-refractivity contribution in [2.75, 3.05) is 13.1 Å².